The van der Waals surface area contributed by atoms with Crippen LogP contribution in [0.25, 0.3) is 10.2 Å². The predicted octanol–water partition coefficient (Wildman–Crippen LogP) is 3.65. The number of benzene rings is 2. The summed E-state index contributed by atoms with van der Waals surface area (Å²) in [7, 11) is -1.99. The number of nitrogens with zero attached hydrogens (tertiary/aromatic N) is 2. The summed E-state index contributed by atoms with van der Waals surface area (Å²) >= 11 is 1.34. The highest BCUT2D eigenvalue weighted by atomic mass is 32.2. The zero-order valence-electron chi connectivity index (χ0n) is 16.1. The van der Waals surface area contributed by atoms with Gasteiger partial charge < -0.3 is 4.74 Å². The van der Waals surface area contributed by atoms with Gasteiger partial charge in [-0.05, 0) is 55.7 Å². The maximum atomic E-state index is 12.9. The summed E-state index contributed by atoms with van der Waals surface area (Å²) in [6.45, 7) is 2.82. The van der Waals surface area contributed by atoms with Gasteiger partial charge in [0, 0.05) is 18.7 Å². The third-order valence-electron chi connectivity index (χ3n) is 4.97. The lowest BCUT2D eigenvalue weighted by Crippen LogP contribution is -2.28. The van der Waals surface area contributed by atoms with Gasteiger partial charge in [0.25, 0.3) is 5.91 Å². The fourth-order valence-electron chi connectivity index (χ4n) is 3.33. The smallest absolute Gasteiger partial charge is 0.257 e. The fourth-order valence-corrected chi connectivity index (χ4v) is 5.77. The summed E-state index contributed by atoms with van der Waals surface area (Å²) in [6.07, 6.45) is 1.72. The Morgan fingerprint density at radius 1 is 1.17 bits per heavy atom. The number of aromatic nitrogens is 1. The molecular formula is C20H21N3O4S2. The Hall–Kier alpha value is -2.49. The van der Waals surface area contributed by atoms with E-state index in [1.54, 1.807) is 26.2 Å². The van der Waals surface area contributed by atoms with Crippen molar-refractivity contribution in [3.8, 4) is 5.75 Å². The number of aryl methyl sites for hydroxylation is 1. The van der Waals surface area contributed by atoms with E-state index in [2.05, 4.69) is 10.3 Å². The molecule has 0 radical (unpaired) electrons. The summed E-state index contributed by atoms with van der Waals surface area (Å²) in [5.74, 6) is 0.335. The van der Waals surface area contributed by atoms with Crippen LogP contribution >= 0.6 is 11.3 Å². The molecular weight excluding hydrogens is 410 g/mol. The molecule has 0 saturated carbocycles. The minimum Gasteiger partial charge on any atom is -0.497 e. The molecule has 1 aromatic heterocycles. The van der Waals surface area contributed by atoms with Crippen molar-refractivity contribution in [1.29, 1.82) is 0 Å². The average Bonchev–Trinajstić information content (AvgIpc) is 3.37. The van der Waals surface area contributed by atoms with Gasteiger partial charge in [-0.3, -0.25) is 10.1 Å². The lowest BCUT2D eigenvalue weighted by atomic mass is 10.1. The second kappa shape index (κ2) is 7.74. The molecule has 9 heteroatoms. The predicted molar refractivity (Wildman–Crippen MR) is 113 cm³/mol. The van der Waals surface area contributed by atoms with Crippen molar-refractivity contribution in [3.05, 3.63) is 47.5 Å². The number of anilines is 1. The van der Waals surface area contributed by atoms with Gasteiger partial charge in [0.1, 0.15) is 5.75 Å². The lowest BCUT2D eigenvalue weighted by molar-refractivity contribution is 0.102. The summed E-state index contributed by atoms with van der Waals surface area (Å²) in [5.41, 5.74) is 1.78. The summed E-state index contributed by atoms with van der Waals surface area (Å²) < 4.78 is 33.2. The minimum atomic E-state index is -3.59. The van der Waals surface area contributed by atoms with E-state index in [0.717, 1.165) is 28.8 Å². The molecule has 1 fully saturated rings. The molecule has 7 nitrogen and oxygen atoms in total. The van der Waals surface area contributed by atoms with Crippen molar-refractivity contribution in [2.45, 2.75) is 24.7 Å². The van der Waals surface area contributed by atoms with E-state index in [1.165, 1.54) is 21.7 Å². The van der Waals surface area contributed by atoms with Gasteiger partial charge in [0.2, 0.25) is 10.0 Å². The van der Waals surface area contributed by atoms with E-state index in [1.807, 2.05) is 18.2 Å². The van der Waals surface area contributed by atoms with Crippen molar-refractivity contribution < 1.29 is 17.9 Å². The Labute approximate surface area is 173 Å². The van der Waals surface area contributed by atoms with E-state index in [4.69, 9.17) is 4.74 Å². The van der Waals surface area contributed by atoms with Crippen LogP contribution in [0.4, 0.5) is 5.13 Å². The number of thiazole rings is 1. The van der Waals surface area contributed by atoms with Gasteiger partial charge in [-0.2, -0.15) is 4.31 Å². The van der Waals surface area contributed by atoms with Crippen molar-refractivity contribution in [2.75, 3.05) is 25.5 Å². The fraction of sp³-hybridized carbons (Fsp3) is 0.300. The number of carbonyl (C=O) groups excluding carboxylic acids is 1. The van der Waals surface area contributed by atoms with Crippen molar-refractivity contribution in [1.82, 2.24) is 9.29 Å². The topological polar surface area (TPSA) is 88.6 Å². The molecule has 1 amide bonds. The van der Waals surface area contributed by atoms with Gasteiger partial charge in [-0.15, -0.1) is 0 Å². The van der Waals surface area contributed by atoms with Gasteiger partial charge in [0.05, 0.1) is 22.2 Å². The number of sulfonamides is 1. The van der Waals surface area contributed by atoms with Crippen LogP contribution in [0, 0.1) is 6.92 Å². The SMILES string of the molecule is COc1ccc2nc(NC(=O)c3cc(S(=O)(=O)N4CCCC4)ccc3C)sc2c1. The first-order chi connectivity index (χ1) is 13.9. The van der Waals surface area contributed by atoms with E-state index in [0.29, 0.717) is 29.3 Å². The average molecular weight is 432 g/mol. The number of methoxy groups -OCH3 is 1. The lowest BCUT2D eigenvalue weighted by Gasteiger charge is -2.16. The molecule has 1 saturated heterocycles. The number of amides is 1. The molecule has 3 aromatic rings. The molecule has 1 N–H and O–H groups in total. The standard InChI is InChI=1S/C20H21N3O4S2/c1-13-5-7-15(29(25,26)23-9-3-4-10-23)12-16(13)19(24)22-20-21-17-8-6-14(27-2)11-18(17)28-20/h5-8,11-12H,3-4,9-10H2,1-2H3,(H,21,22,24). The second-order valence-electron chi connectivity index (χ2n) is 6.89. The third-order valence-corrected chi connectivity index (χ3v) is 7.80. The highest BCUT2D eigenvalue weighted by Crippen LogP contribution is 2.30. The molecule has 1 aliphatic heterocycles. The number of hydrogen-bond acceptors (Lipinski definition) is 6. The highest BCUT2D eigenvalue weighted by Gasteiger charge is 2.28. The number of nitrogens with one attached hydrogen (secondary N) is 1. The Balaban J connectivity index is 1.61. The Morgan fingerprint density at radius 3 is 2.66 bits per heavy atom. The van der Waals surface area contributed by atoms with Crippen molar-refractivity contribution >= 4 is 42.6 Å². The van der Waals surface area contributed by atoms with Gasteiger partial charge >= 0.3 is 0 Å². The van der Waals surface area contributed by atoms with Gasteiger partial charge in [0.15, 0.2) is 5.13 Å². The summed E-state index contributed by atoms with van der Waals surface area (Å²) in [4.78, 5) is 17.4. The Bertz CT molecular complexity index is 1180. The highest BCUT2D eigenvalue weighted by molar-refractivity contribution is 7.89. The first kappa shape index (κ1) is 19.8. The van der Waals surface area contributed by atoms with E-state index in [-0.39, 0.29) is 10.8 Å². The van der Waals surface area contributed by atoms with E-state index < -0.39 is 10.0 Å². The van der Waals surface area contributed by atoms with Crippen LogP contribution in [0.5, 0.6) is 5.75 Å². The number of rotatable bonds is 5. The molecule has 152 valence electrons. The largest absolute Gasteiger partial charge is 0.497 e. The zero-order chi connectivity index (χ0) is 20.6. The van der Waals surface area contributed by atoms with Gasteiger partial charge in [-0.1, -0.05) is 17.4 Å². The monoisotopic (exact) mass is 431 g/mol. The summed E-state index contributed by atoms with van der Waals surface area (Å²) in [5, 5.41) is 3.24. The van der Waals surface area contributed by atoms with Crippen LogP contribution in [-0.4, -0.2) is 43.8 Å². The van der Waals surface area contributed by atoms with Crippen LogP contribution in [0.15, 0.2) is 41.3 Å². The molecule has 0 atom stereocenters. The van der Waals surface area contributed by atoms with E-state index >= 15 is 0 Å². The molecule has 1 aliphatic rings. The van der Waals surface area contributed by atoms with Crippen LogP contribution < -0.4 is 10.1 Å². The first-order valence-corrected chi connectivity index (χ1v) is 11.5. The molecule has 29 heavy (non-hydrogen) atoms. The molecule has 0 bridgehead atoms. The molecule has 2 heterocycles. The van der Waals surface area contributed by atoms with E-state index in [9.17, 15) is 13.2 Å². The van der Waals surface area contributed by atoms with Gasteiger partial charge in [-0.25, -0.2) is 13.4 Å². The zero-order valence-corrected chi connectivity index (χ0v) is 17.8. The third kappa shape index (κ3) is 3.85. The van der Waals surface area contributed by atoms with Crippen LogP contribution in [-0.2, 0) is 10.0 Å². The Kier molecular flexibility index (Phi) is 5.28. The molecule has 0 aliphatic carbocycles. The maximum absolute atomic E-state index is 12.9. The minimum absolute atomic E-state index is 0.143. The van der Waals surface area contributed by atoms with Crippen LogP contribution in [0.3, 0.4) is 0 Å². The molecule has 0 spiro atoms. The molecule has 4 rings (SSSR count). The molecule has 0 unspecified atom stereocenters. The summed E-state index contributed by atoms with van der Waals surface area (Å²) in [6, 6.07) is 10.2. The maximum Gasteiger partial charge on any atom is 0.257 e. The van der Waals surface area contributed by atoms with Crippen molar-refractivity contribution in [2.24, 2.45) is 0 Å². The van der Waals surface area contributed by atoms with Crippen LogP contribution in [0.1, 0.15) is 28.8 Å². The Morgan fingerprint density at radius 2 is 1.93 bits per heavy atom. The van der Waals surface area contributed by atoms with Crippen LogP contribution in [0.2, 0.25) is 0 Å². The quantitative estimate of drug-likeness (QED) is 0.666. The molecule has 2 aromatic carbocycles. The number of hydrogen-bond donors (Lipinski definition) is 1. The number of ether oxygens (including phenoxy) is 1. The number of carbonyl (C=O) groups is 1. The van der Waals surface area contributed by atoms with Crippen molar-refractivity contribution in [3.63, 3.8) is 0 Å². The number of fused-ring (bicyclic) bond motifs is 1. The second-order valence-corrected chi connectivity index (χ2v) is 9.86. The normalized spacial score (nSPS) is 15.0. The first-order valence-electron chi connectivity index (χ1n) is 9.25.